The van der Waals surface area contributed by atoms with Gasteiger partial charge in [0, 0.05) is 25.7 Å². The smallest absolute Gasteiger partial charge is 0.462 e. The zero-order valence-corrected chi connectivity index (χ0v) is 74.2. The van der Waals surface area contributed by atoms with Gasteiger partial charge >= 0.3 is 39.5 Å². The molecule has 654 valence electrons. The van der Waals surface area contributed by atoms with E-state index in [1.807, 2.05) is 0 Å². The fraction of sp³-hybridized carbons (Fsp3) is 0.956. The second-order valence-electron chi connectivity index (χ2n) is 33.2. The lowest BCUT2D eigenvalue weighted by atomic mass is 10.0. The fourth-order valence-electron chi connectivity index (χ4n) is 14.4. The number of carbonyl (C=O) groups excluding carboxylic acids is 4. The molecule has 0 heterocycles. The lowest BCUT2D eigenvalue weighted by Gasteiger charge is -2.21. The SMILES string of the molecule is CCCCCCCCCCCCCCCCCCCCCCCCC(=O)OC[C@H](COP(=O)(O)OC[C@@H](O)COP(=O)(O)OC[C@@H](COC(=O)CCCCCCCCCC(C)C)OC(=O)CCCCCCCCCCCCCCCCCC)OC(=O)CCCCCCCCCCCCCCCCCCCCCCCC. The van der Waals surface area contributed by atoms with E-state index in [1.165, 1.54) is 315 Å². The van der Waals surface area contributed by atoms with Crippen LogP contribution in [0.1, 0.15) is 497 Å². The van der Waals surface area contributed by atoms with Crippen molar-refractivity contribution in [2.75, 3.05) is 39.6 Å². The van der Waals surface area contributed by atoms with Crippen molar-refractivity contribution < 1.29 is 80.2 Å². The van der Waals surface area contributed by atoms with Crippen LogP contribution < -0.4 is 0 Å². The summed E-state index contributed by atoms with van der Waals surface area (Å²) in [6.07, 6.45) is 79.6. The number of unbranched alkanes of at least 4 members (excludes halogenated alkanes) is 63. The maximum atomic E-state index is 13.2. The molecule has 0 spiro atoms. The standard InChI is InChI=1S/C91H178O17P2/c1-6-9-12-15-18-21-24-27-30-33-35-37-39-41-43-46-48-51-54-59-64-69-74-88(93)101-80-86(107-90(95)76-72-67-61-56-53-50-47-44-42-40-38-36-34-31-28-25-22-19-16-13-10-7-2)82-105-109(97,98)103-78-85(92)79-104-110(99,100)106-83-87(81-102-89(94)75-70-65-62-57-58-63-68-73-84(4)5)108-91(96)77-71-66-60-55-52-49-45-32-29-26-23-20-17-14-11-8-3/h84-87,92H,6-83H2,1-5H3,(H,97,98)(H,99,100)/t85-,86-,87-/m1/s1. The normalized spacial score (nSPS) is 13.7. The molecule has 0 saturated heterocycles. The number of phosphoric acid groups is 2. The number of hydrogen-bond donors (Lipinski definition) is 3. The topological polar surface area (TPSA) is 237 Å². The van der Waals surface area contributed by atoms with Crippen molar-refractivity contribution in [3.05, 3.63) is 0 Å². The van der Waals surface area contributed by atoms with E-state index in [0.29, 0.717) is 31.6 Å². The maximum Gasteiger partial charge on any atom is 0.472 e. The van der Waals surface area contributed by atoms with E-state index in [-0.39, 0.29) is 25.7 Å². The number of phosphoric ester groups is 2. The lowest BCUT2D eigenvalue weighted by molar-refractivity contribution is -0.161. The number of rotatable bonds is 91. The second kappa shape index (κ2) is 83.5. The van der Waals surface area contributed by atoms with Crippen molar-refractivity contribution >= 4 is 39.5 Å². The first-order valence-corrected chi connectivity index (χ1v) is 50.1. The molecule has 0 bridgehead atoms. The van der Waals surface area contributed by atoms with Crippen molar-refractivity contribution in [3.63, 3.8) is 0 Å². The van der Waals surface area contributed by atoms with Gasteiger partial charge < -0.3 is 33.8 Å². The Morgan fingerprint density at radius 1 is 0.245 bits per heavy atom. The Labute approximate surface area is 677 Å². The predicted octanol–water partition coefficient (Wildman–Crippen LogP) is 28.3. The number of hydrogen-bond acceptors (Lipinski definition) is 15. The molecule has 0 aliphatic heterocycles. The maximum absolute atomic E-state index is 13.2. The largest absolute Gasteiger partial charge is 0.472 e. The summed E-state index contributed by atoms with van der Waals surface area (Å²) in [6, 6.07) is 0. The van der Waals surface area contributed by atoms with Crippen LogP contribution in [0.5, 0.6) is 0 Å². The first kappa shape index (κ1) is 108. The number of ether oxygens (including phenoxy) is 4. The summed E-state index contributed by atoms with van der Waals surface area (Å²) >= 11 is 0. The third-order valence-corrected chi connectivity index (χ3v) is 23.4. The summed E-state index contributed by atoms with van der Waals surface area (Å²) < 4.78 is 69.0. The first-order valence-electron chi connectivity index (χ1n) is 47.1. The van der Waals surface area contributed by atoms with Gasteiger partial charge in [-0.2, -0.15) is 0 Å². The molecule has 0 fully saturated rings. The van der Waals surface area contributed by atoms with Gasteiger partial charge in [-0.3, -0.25) is 37.3 Å². The van der Waals surface area contributed by atoms with E-state index in [9.17, 15) is 43.2 Å². The average Bonchev–Trinajstić information content (AvgIpc) is 0.898. The van der Waals surface area contributed by atoms with Crippen LogP contribution in [0.4, 0.5) is 0 Å². The van der Waals surface area contributed by atoms with Gasteiger partial charge in [0.25, 0.3) is 0 Å². The highest BCUT2D eigenvalue weighted by Crippen LogP contribution is 2.45. The molecular weight excluding hydrogens is 1430 g/mol. The molecule has 5 atom stereocenters. The zero-order valence-electron chi connectivity index (χ0n) is 72.4. The third-order valence-electron chi connectivity index (χ3n) is 21.5. The molecule has 0 aliphatic carbocycles. The number of esters is 4. The van der Waals surface area contributed by atoms with E-state index in [0.717, 1.165) is 96.3 Å². The predicted molar refractivity (Wildman–Crippen MR) is 455 cm³/mol. The second-order valence-corrected chi connectivity index (χ2v) is 36.1. The zero-order chi connectivity index (χ0) is 80.4. The Bertz CT molecular complexity index is 2080. The van der Waals surface area contributed by atoms with Crippen molar-refractivity contribution in [1.82, 2.24) is 0 Å². The van der Waals surface area contributed by atoms with Gasteiger partial charge in [0.05, 0.1) is 26.4 Å². The highest BCUT2D eigenvalue weighted by atomic mass is 31.2. The van der Waals surface area contributed by atoms with Crippen LogP contribution in [-0.4, -0.2) is 96.7 Å². The van der Waals surface area contributed by atoms with E-state index in [2.05, 4.69) is 34.6 Å². The van der Waals surface area contributed by atoms with E-state index >= 15 is 0 Å². The molecule has 3 N–H and O–H groups in total. The Morgan fingerprint density at radius 2 is 0.418 bits per heavy atom. The van der Waals surface area contributed by atoms with E-state index in [4.69, 9.17) is 37.0 Å². The van der Waals surface area contributed by atoms with Gasteiger partial charge in [-0.1, -0.05) is 446 Å². The van der Waals surface area contributed by atoms with Gasteiger partial charge in [-0.15, -0.1) is 0 Å². The highest BCUT2D eigenvalue weighted by molar-refractivity contribution is 7.47. The van der Waals surface area contributed by atoms with Crippen LogP contribution in [0.3, 0.4) is 0 Å². The third kappa shape index (κ3) is 84.0. The molecule has 0 aromatic heterocycles. The minimum Gasteiger partial charge on any atom is -0.462 e. The Hall–Kier alpha value is -1.94. The van der Waals surface area contributed by atoms with Crippen LogP contribution in [0, 0.1) is 5.92 Å². The van der Waals surface area contributed by atoms with Crippen molar-refractivity contribution in [2.45, 2.75) is 515 Å². The van der Waals surface area contributed by atoms with Crippen molar-refractivity contribution in [3.8, 4) is 0 Å². The Morgan fingerprint density at radius 3 is 0.618 bits per heavy atom. The molecule has 0 rings (SSSR count). The molecule has 0 amide bonds. The molecule has 19 heteroatoms. The monoisotopic (exact) mass is 1610 g/mol. The molecule has 0 radical (unpaired) electrons. The molecule has 0 aromatic rings. The van der Waals surface area contributed by atoms with Crippen LogP contribution in [0.25, 0.3) is 0 Å². The summed E-state index contributed by atoms with van der Waals surface area (Å²) in [6.45, 7) is 7.33. The molecule has 2 unspecified atom stereocenters. The highest BCUT2D eigenvalue weighted by Gasteiger charge is 2.31. The summed E-state index contributed by atoms with van der Waals surface area (Å²) in [5, 5.41) is 10.7. The minimum absolute atomic E-state index is 0.108. The lowest BCUT2D eigenvalue weighted by Crippen LogP contribution is -2.30. The van der Waals surface area contributed by atoms with Gasteiger partial charge in [-0.25, -0.2) is 9.13 Å². The van der Waals surface area contributed by atoms with Crippen molar-refractivity contribution in [2.24, 2.45) is 5.92 Å². The van der Waals surface area contributed by atoms with Gasteiger partial charge in [-0.05, 0) is 31.6 Å². The van der Waals surface area contributed by atoms with E-state index in [1.54, 1.807) is 0 Å². The Kier molecular flexibility index (Phi) is 82.1. The fourth-order valence-corrected chi connectivity index (χ4v) is 15.9. The molecule has 0 saturated carbocycles. The van der Waals surface area contributed by atoms with Crippen LogP contribution in [0.15, 0.2) is 0 Å². The average molecular weight is 1610 g/mol. The van der Waals surface area contributed by atoms with Gasteiger partial charge in [0.1, 0.15) is 19.3 Å². The summed E-state index contributed by atoms with van der Waals surface area (Å²) in [7, 11) is -9.93. The van der Waals surface area contributed by atoms with Crippen molar-refractivity contribution in [1.29, 1.82) is 0 Å². The van der Waals surface area contributed by atoms with E-state index < -0.39 is 97.5 Å². The number of carbonyl (C=O) groups is 4. The molecule has 110 heavy (non-hydrogen) atoms. The molecule has 0 aromatic carbocycles. The number of aliphatic hydroxyl groups is 1. The molecular formula is C91H178O17P2. The van der Waals surface area contributed by atoms with Crippen LogP contribution in [0.2, 0.25) is 0 Å². The Balaban J connectivity index is 5.20. The first-order chi connectivity index (χ1) is 53.5. The summed E-state index contributed by atoms with van der Waals surface area (Å²) in [4.78, 5) is 73.3. The van der Waals surface area contributed by atoms with Crippen LogP contribution >= 0.6 is 15.6 Å². The summed E-state index contributed by atoms with van der Waals surface area (Å²) in [5.41, 5.74) is 0. The molecule has 17 nitrogen and oxygen atoms in total. The minimum atomic E-state index is -4.97. The molecule has 0 aliphatic rings. The van der Waals surface area contributed by atoms with Crippen LogP contribution in [-0.2, 0) is 65.4 Å². The van der Waals surface area contributed by atoms with Gasteiger partial charge in [0.15, 0.2) is 12.2 Å². The number of aliphatic hydroxyl groups excluding tert-OH is 1. The van der Waals surface area contributed by atoms with Gasteiger partial charge in [0.2, 0.25) is 0 Å². The summed E-state index contributed by atoms with van der Waals surface area (Å²) in [5.74, 6) is -1.39. The quantitative estimate of drug-likeness (QED) is 0.0222.